The van der Waals surface area contributed by atoms with E-state index in [9.17, 15) is 9.59 Å². The number of ether oxygens (including phenoxy) is 4. The Morgan fingerprint density at radius 1 is 0.964 bits per heavy atom. The number of benzene rings is 2. The van der Waals surface area contributed by atoms with E-state index in [0.717, 1.165) is 0 Å². The summed E-state index contributed by atoms with van der Waals surface area (Å²) < 4.78 is 22.2. The van der Waals surface area contributed by atoms with Gasteiger partial charge in [0.15, 0.2) is 11.5 Å². The fraction of sp³-hybridized carbons (Fsp3) is 0.429. The first-order valence-corrected chi connectivity index (χ1v) is 9.55. The molecule has 0 saturated carbocycles. The lowest BCUT2D eigenvalue weighted by Gasteiger charge is -2.20. The molecule has 0 radical (unpaired) electrons. The van der Waals surface area contributed by atoms with Gasteiger partial charge in [-0.3, -0.25) is 9.59 Å². The van der Waals surface area contributed by atoms with E-state index in [1.54, 1.807) is 25.1 Å². The number of carbonyl (C=O) groups is 2. The summed E-state index contributed by atoms with van der Waals surface area (Å²) in [5, 5.41) is 1.45. The average molecular weight is 409 g/mol. The van der Waals surface area contributed by atoms with Crippen LogP contribution in [0, 0.1) is 5.92 Å². The molecule has 2 aromatic carbocycles. The standard InChI is InChI=1S/C21H25ClO6/c1-6-8-16(23)27-18-15-11-13(22)9-10-14(15)17(19(25-4)20(18)26-5)28-21(24)12(3)7-2/h9-12H,6-8H2,1-5H3. The zero-order valence-corrected chi connectivity index (χ0v) is 17.5. The van der Waals surface area contributed by atoms with Crippen LogP contribution in [0.1, 0.15) is 40.0 Å². The molecule has 7 heteroatoms. The van der Waals surface area contributed by atoms with E-state index in [0.29, 0.717) is 28.6 Å². The molecule has 0 aliphatic rings. The summed E-state index contributed by atoms with van der Waals surface area (Å²) in [4.78, 5) is 24.6. The molecule has 0 heterocycles. The van der Waals surface area contributed by atoms with Gasteiger partial charge in [-0.1, -0.05) is 32.4 Å². The number of esters is 2. The zero-order valence-electron chi connectivity index (χ0n) is 16.8. The second kappa shape index (κ2) is 9.64. The first kappa shape index (κ1) is 21.8. The maximum atomic E-state index is 12.4. The number of methoxy groups -OCH3 is 2. The van der Waals surface area contributed by atoms with Crippen LogP contribution in [0.15, 0.2) is 18.2 Å². The molecule has 28 heavy (non-hydrogen) atoms. The first-order chi connectivity index (χ1) is 13.4. The van der Waals surface area contributed by atoms with Gasteiger partial charge in [-0.25, -0.2) is 0 Å². The van der Waals surface area contributed by atoms with Crippen molar-refractivity contribution in [3.63, 3.8) is 0 Å². The Morgan fingerprint density at radius 2 is 1.57 bits per heavy atom. The van der Waals surface area contributed by atoms with Gasteiger partial charge in [0, 0.05) is 22.2 Å². The third-order valence-corrected chi connectivity index (χ3v) is 4.62. The fourth-order valence-corrected chi connectivity index (χ4v) is 2.84. The van der Waals surface area contributed by atoms with Crippen LogP contribution in [0.5, 0.6) is 23.0 Å². The Balaban J connectivity index is 2.76. The summed E-state index contributed by atoms with van der Waals surface area (Å²) in [6.07, 6.45) is 1.52. The maximum Gasteiger partial charge on any atom is 0.314 e. The lowest BCUT2D eigenvalue weighted by Crippen LogP contribution is -2.18. The van der Waals surface area contributed by atoms with Crippen LogP contribution in [0.4, 0.5) is 0 Å². The van der Waals surface area contributed by atoms with Crippen LogP contribution in [0.3, 0.4) is 0 Å². The van der Waals surface area contributed by atoms with Crippen molar-refractivity contribution in [3.8, 4) is 23.0 Å². The SMILES string of the molecule is CCCC(=O)Oc1c(OC)c(OC)c(OC(=O)C(C)CC)c2ccc(Cl)cc12. The molecule has 2 rings (SSSR count). The van der Waals surface area contributed by atoms with Gasteiger partial charge in [0.25, 0.3) is 0 Å². The van der Waals surface area contributed by atoms with Crippen molar-refractivity contribution in [2.45, 2.75) is 40.0 Å². The van der Waals surface area contributed by atoms with Crippen molar-refractivity contribution in [1.29, 1.82) is 0 Å². The van der Waals surface area contributed by atoms with Crippen molar-refractivity contribution in [3.05, 3.63) is 23.2 Å². The van der Waals surface area contributed by atoms with Gasteiger partial charge in [0.05, 0.1) is 20.1 Å². The smallest absolute Gasteiger partial charge is 0.314 e. The second-order valence-electron chi connectivity index (χ2n) is 6.37. The highest BCUT2D eigenvalue weighted by Crippen LogP contribution is 2.51. The molecule has 0 aromatic heterocycles. The Morgan fingerprint density at radius 3 is 2.11 bits per heavy atom. The molecule has 1 unspecified atom stereocenters. The minimum Gasteiger partial charge on any atom is -0.490 e. The van der Waals surface area contributed by atoms with Crippen LogP contribution in [0.2, 0.25) is 5.02 Å². The molecule has 152 valence electrons. The average Bonchev–Trinajstić information content (AvgIpc) is 2.68. The van der Waals surface area contributed by atoms with Gasteiger partial charge in [0.1, 0.15) is 0 Å². The number of rotatable bonds is 8. The van der Waals surface area contributed by atoms with E-state index in [1.807, 2.05) is 13.8 Å². The number of carbonyl (C=O) groups excluding carboxylic acids is 2. The molecule has 1 atom stereocenters. The Kier molecular flexibility index (Phi) is 7.52. The number of halogens is 1. The first-order valence-electron chi connectivity index (χ1n) is 9.17. The molecule has 2 aromatic rings. The van der Waals surface area contributed by atoms with Crippen LogP contribution >= 0.6 is 11.6 Å². The predicted octanol–water partition coefficient (Wildman–Crippen LogP) is 5.17. The highest BCUT2D eigenvalue weighted by Gasteiger charge is 2.27. The highest BCUT2D eigenvalue weighted by molar-refractivity contribution is 6.31. The summed E-state index contributed by atoms with van der Waals surface area (Å²) in [6, 6.07) is 4.98. The van der Waals surface area contributed by atoms with E-state index >= 15 is 0 Å². The lowest BCUT2D eigenvalue weighted by atomic mass is 10.1. The van der Waals surface area contributed by atoms with E-state index < -0.39 is 11.9 Å². The van der Waals surface area contributed by atoms with E-state index in [2.05, 4.69) is 0 Å². The molecular weight excluding hydrogens is 384 g/mol. The number of fused-ring (bicyclic) bond motifs is 1. The van der Waals surface area contributed by atoms with Gasteiger partial charge in [0.2, 0.25) is 11.5 Å². The monoisotopic (exact) mass is 408 g/mol. The summed E-state index contributed by atoms with van der Waals surface area (Å²) in [7, 11) is 2.85. The summed E-state index contributed by atoms with van der Waals surface area (Å²) in [5.74, 6) is -0.379. The molecular formula is C21H25ClO6. The minimum atomic E-state index is -0.409. The topological polar surface area (TPSA) is 71.1 Å². The summed E-state index contributed by atoms with van der Waals surface area (Å²) in [5.41, 5.74) is 0. The molecule has 0 spiro atoms. The molecule has 0 amide bonds. The Hall–Kier alpha value is -2.47. The number of hydrogen-bond donors (Lipinski definition) is 0. The van der Waals surface area contributed by atoms with Crippen molar-refractivity contribution in [2.24, 2.45) is 5.92 Å². The molecule has 0 aliphatic carbocycles. The van der Waals surface area contributed by atoms with Crippen molar-refractivity contribution < 1.29 is 28.5 Å². The minimum absolute atomic E-state index is 0.161. The third-order valence-electron chi connectivity index (χ3n) is 4.39. The summed E-state index contributed by atoms with van der Waals surface area (Å²) >= 11 is 6.17. The molecule has 0 fully saturated rings. The predicted molar refractivity (Wildman–Crippen MR) is 108 cm³/mol. The highest BCUT2D eigenvalue weighted by atomic mass is 35.5. The van der Waals surface area contributed by atoms with Gasteiger partial charge < -0.3 is 18.9 Å². The van der Waals surface area contributed by atoms with Crippen LogP contribution in [0.25, 0.3) is 10.8 Å². The van der Waals surface area contributed by atoms with Gasteiger partial charge in [-0.05, 0) is 31.0 Å². The summed E-state index contributed by atoms with van der Waals surface area (Å²) in [6.45, 7) is 5.56. The largest absolute Gasteiger partial charge is 0.490 e. The van der Waals surface area contributed by atoms with E-state index in [-0.39, 0.29) is 35.3 Å². The molecule has 0 saturated heterocycles. The fourth-order valence-electron chi connectivity index (χ4n) is 2.66. The van der Waals surface area contributed by atoms with E-state index in [1.165, 1.54) is 14.2 Å². The zero-order chi connectivity index (χ0) is 20.8. The van der Waals surface area contributed by atoms with Crippen LogP contribution < -0.4 is 18.9 Å². The molecule has 0 bridgehead atoms. The van der Waals surface area contributed by atoms with Crippen molar-refractivity contribution >= 4 is 34.3 Å². The van der Waals surface area contributed by atoms with Gasteiger partial charge in [-0.2, -0.15) is 0 Å². The second-order valence-corrected chi connectivity index (χ2v) is 6.81. The van der Waals surface area contributed by atoms with Crippen LogP contribution in [-0.4, -0.2) is 26.2 Å². The molecule has 0 N–H and O–H groups in total. The molecule has 0 aliphatic heterocycles. The number of hydrogen-bond acceptors (Lipinski definition) is 6. The van der Waals surface area contributed by atoms with E-state index in [4.69, 9.17) is 30.5 Å². The molecule has 6 nitrogen and oxygen atoms in total. The maximum absolute atomic E-state index is 12.4. The Labute approximate surface area is 169 Å². The lowest BCUT2D eigenvalue weighted by molar-refractivity contribution is -0.138. The van der Waals surface area contributed by atoms with Gasteiger partial charge in [-0.15, -0.1) is 0 Å². The van der Waals surface area contributed by atoms with Gasteiger partial charge >= 0.3 is 11.9 Å². The Bertz CT molecular complexity index is 877. The normalized spacial score (nSPS) is 11.8. The quantitative estimate of drug-likeness (QED) is 0.443. The van der Waals surface area contributed by atoms with Crippen molar-refractivity contribution in [1.82, 2.24) is 0 Å². The third kappa shape index (κ3) is 4.50. The van der Waals surface area contributed by atoms with Crippen molar-refractivity contribution in [2.75, 3.05) is 14.2 Å². The van der Waals surface area contributed by atoms with Crippen LogP contribution in [-0.2, 0) is 9.59 Å².